The van der Waals surface area contributed by atoms with Gasteiger partial charge in [0.05, 0.1) is 44.5 Å². The van der Waals surface area contributed by atoms with Crippen LogP contribution in [0.3, 0.4) is 0 Å². The number of hydrogen-bond acceptors (Lipinski definition) is 4. The summed E-state index contributed by atoms with van der Waals surface area (Å²) in [6.07, 6.45) is 3.70. The number of para-hydroxylation sites is 5. The molecule has 0 saturated carbocycles. The van der Waals surface area contributed by atoms with Gasteiger partial charge in [0.15, 0.2) is 11.6 Å². The second-order valence-electron chi connectivity index (χ2n) is 25.0. The van der Waals surface area contributed by atoms with Gasteiger partial charge in [0.1, 0.15) is 0 Å². The number of benzene rings is 14. The highest BCUT2D eigenvalue weighted by Gasteiger charge is 2.19. The number of hydrogen-bond donors (Lipinski definition) is 0. The van der Waals surface area contributed by atoms with Crippen molar-refractivity contribution < 1.29 is 0 Å². The second-order valence-corrected chi connectivity index (χ2v) is 25.0. The summed E-state index contributed by atoms with van der Waals surface area (Å²) in [6, 6.07) is 127. The molecular formula is C92H61N7. The van der Waals surface area contributed by atoms with Crippen LogP contribution >= 0.6 is 0 Å². The lowest BCUT2D eigenvalue weighted by molar-refractivity contribution is 1.16. The first-order chi connectivity index (χ1) is 49.1. The summed E-state index contributed by atoms with van der Waals surface area (Å²) in [4.78, 5) is 19.4. The van der Waals surface area contributed by atoms with Crippen molar-refractivity contribution in [2.75, 3.05) is 0 Å². The lowest BCUT2D eigenvalue weighted by Crippen LogP contribution is -1.96. The maximum absolute atomic E-state index is 5.05. The van der Waals surface area contributed by atoms with E-state index in [1.165, 1.54) is 93.3 Å². The van der Waals surface area contributed by atoms with E-state index >= 15 is 0 Å². The first kappa shape index (κ1) is 58.2. The second kappa shape index (κ2) is 25.1. The third-order valence-electron chi connectivity index (χ3n) is 19.1. The summed E-state index contributed by atoms with van der Waals surface area (Å²) < 4.78 is 7.05. The molecule has 0 radical (unpaired) electrons. The number of aromatic nitrogens is 7. The van der Waals surface area contributed by atoms with Crippen LogP contribution in [-0.2, 0) is 0 Å². The predicted octanol–water partition coefficient (Wildman–Crippen LogP) is 23.6. The highest BCUT2D eigenvalue weighted by molar-refractivity contribution is 6.13. The quantitative estimate of drug-likeness (QED) is 0.129. The van der Waals surface area contributed by atoms with Gasteiger partial charge in [-0.05, 0) is 160 Å². The molecule has 7 heteroatoms. The Labute approximate surface area is 572 Å². The summed E-state index contributed by atoms with van der Waals surface area (Å²) in [6.45, 7) is 0. The molecule has 19 rings (SSSR count). The summed E-state index contributed by atoms with van der Waals surface area (Å²) in [7, 11) is 0. The van der Waals surface area contributed by atoms with E-state index in [0.29, 0.717) is 11.6 Å². The average Bonchev–Trinajstić information content (AvgIpc) is 1.60. The van der Waals surface area contributed by atoms with E-state index in [4.69, 9.17) is 15.0 Å². The van der Waals surface area contributed by atoms with E-state index in [9.17, 15) is 0 Å². The maximum Gasteiger partial charge on any atom is 0.159 e. The van der Waals surface area contributed by atoms with Gasteiger partial charge in [0, 0.05) is 84.0 Å². The molecule has 7 nitrogen and oxygen atoms in total. The largest absolute Gasteiger partial charge is 0.309 e. The Hall–Kier alpha value is -13.4. The highest BCUT2D eigenvalue weighted by atomic mass is 15.0. The topological polar surface area (TPSA) is 66.3 Å². The zero-order valence-corrected chi connectivity index (χ0v) is 53.8. The zero-order chi connectivity index (χ0) is 65.6. The van der Waals surface area contributed by atoms with E-state index in [1.54, 1.807) is 0 Å². The molecule has 464 valence electrons. The number of nitrogens with zero attached hydrogens (tertiary/aromatic N) is 7. The van der Waals surface area contributed by atoms with Gasteiger partial charge in [-0.15, -0.1) is 0 Å². The molecule has 14 aromatic carbocycles. The fourth-order valence-electron chi connectivity index (χ4n) is 14.3. The average molecular weight is 1260 g/mol. The normalized spacial score (nSPS) is 11.4. The first-order valence-electron chi connectivity index (χ1n) is 33.5. The highest BCUT2D eigenvalue weighted by Crippen LogP contribution is 2.40. The summed E-state index contributed by atoms with van der Waals surface area (Å²) in [5.74, 6) is 1.41. The van der Waals surface area contributed by atoms with E-state index in [-0.39, 0.29) is 0 Å². The van der Waals surface area contributed by atoms with Gasteiger partial charge in [-0.1, -0.05) is 243 Å². The molecule has 0 saturated heterocycles. The Morgan fingerprint density at radius 2 is 0.485 bits per heavy atom. The Balaban J connectivity index is 0.000000148. The molecule has 0 aliphatic rings. The molecule has 0 fully saturated rings. The minimum Gasteiger partial charge on any atom is -0.309 e. The fourth-order valence-corrected chi connectivity index (χ4v) is 14.3. The molecule has 0 atom stereocenters. The van der Waals surface area contributed by atoms with Crippen molar-refractivity contribution in [1.82, 2.24) is 33.6 Å². The van der Waals surface area contributed by atoms with E-state index < -0.39 is 0 Å². The van der Waals surface area contributed by atoms with E-state index in [1.807, 2.05) is 36.7 Å². The third kappa shape index (κ3) is 10.9. The Morgan fingerprint density at radius 3 is 1.00 bits per heavy atom. The van der Waals surface area contributed by atoms with Crippen LogP contribution in [-0.4, -0.2) is 33.6 Å². The molecule has 5 heterocycles. The van der Waals surface area contributed by atoms with Gasteiger partial charge in [0.2, 0.25) is 0 Å². The minimum atomic E-state index is 0.698. The summed E-state index contributed by atoms with van der Waals surface area (Å²) in [5, 5.41) is 7.44. The molecule has 0 bridgehead atoms. The van der Waals surface area contributed by atoms with Gasteiger partial charge in [-0.2, -0.15) is 0 Å². The molecule has 19 aromatic rings. The van der Waals surface area contributed by atoms with Crippen LogP contribution in [0.5, 0.6) is 0 Å². The van der Waals surface area contributed by atoms with Gasteiger partial charge in [-0.3, -0.25) is 0 Å². The Morgan fingerprint density at radius 1 is 0.172 bits per heavy atom. The molecule has 0 unspecified atom stereocenters. The van der Waals surface area contributed by atoms with Gasteiger partial charge in [-0.25, -0.2) is 19.9 Å². The van der Waals surface area contributed by atoms with Crippen LogP contribution in [0.25, 0.3) is 172 Å². The summed E-state index contributed by atoms with van der Waals surface area (Å²) >= 11 is 0. The van der Waals surface area contributed by atoms with Gasteiger partial charge in [0.25, 0.3) is 0 Å². The van der Waals surface area contributed by atoms with Crippen LogP contribution in [0, 0.1) is 0 Å². The van der Waals surface area contributed by atoms with Crippen molar-refractivity contribution >= 4 is 65.4 Å². The van der Waals surface area contributed by atoms with Crippen molar-refractivity contribution in [2.24, 2.45) is 0 Å². The van der Waals surface area contributed by atoms with Crippen molar-refractivity contribution in [3.05, 3.63) is 370 Å². The zero-order valence-electron chi connectivity index (χ0n) is 53.8. The van der Waals surface area contributed by atoms with Crippen LogP contribution < -0.4 is 0 Å². The minimum absolute atomic E-state index is 0.698. The molecule has 99 heavy (non-hydrogen) atoms. The Bertz CT molecular complexity index is 6140. The van der Waals surface area contributed by atoms with Crippen LogP contribution in [0.1, 0.15) is 0 Å². The van der Waals surface area contributed by atoms with E-state index in [2.05, 4.69) is 352 Å². The first-order valence-corrected chi connectivity index (χ1v) is 33.5. The van der Waals surface area contributed by atoms with Crippen LogP contribution in [0.15, 0.2) is 370 Å². The lowest BCUT2D eigenvalue weighted by Gasteiger charge is -2.11. The molecule has 0 N–H and O–H groups in total. The molecule has 0 aliphatic heterocycles. The molecule has 5 aromatic heterocycles. The Kier molecular flexibility index (Phi) is 14.8. The van der Waals surface area contributed by atoms with Crippen LogP contribution in [0.2, 0.25) is 0 Å². The van der Waals surface area contributed by atoms with Crippen molar-refractivity contribution in [3.8, 4) is 107 Å². The van der Waals surface area contributed by atoms with Gasteiger partial charge >= 0.3 is 0 Å². The van der Waals surface area contributed by atoms with Crippen LogP contribution in [0.4, 0.5) is 0 Å². The smallest absolute Gasteiger partial charge is 0.159 e. The number of rotatable bonds is 11. The predicted molar refractivity (Wildman–Crippen MR) is 411 cm³/mol. The standard InChI is InChI=1S/C52H34N4.C40H27N3/c1-3-12-35(13-4-1)36-22-24-37(25-23-36)47-30-31-53-52(54-47)40-14-11-17-42(32-40)56-49-21-10-8-19-44(49)46-34-39(27-29-51(46)56)38-26-28-50-45(33-38)43-18-7-9-20-48(43)55(50)41-15-5-2-6-16-41;1-2-9-28(10-3-1)29-17-19-30(20-18-29)32-11-8-12-33(27-32)37-25-26-41-40(42-37)31-21-23-34(24-22-31)43-38-15-6-4-13-35(38)36-14-5-7-16-39(36)43/h1-34H;1-27H. The van der Waals surface area contributed by atoms with Crippen molar-refractivity contribution in [3.63, 3.8) is 0 Å². The molecular weight excluding hydrogens is 1200 g/mol. The van der Waals surface area contributed by atoms with E-state index in [0.717, 1.165) is 67.3 Å². The molecule has 0 amide bonds. The SMILES string of the molecule is c1ccc(-c2ccc(-c3cccc(-c4ccnc(-c5ccc(-n6c7ccccc7c7ccccc76)cc5)n4)c3)cc2)cc1.c1ccc(-c2ccc(-c3ccnc(-c4cccc(-n5c6ccccc6c6cc(-c7ccc8c(c7)c7ccccc7n8-c7ccccc7)ccc65)c4)n3)cc2)cc1. The lowest BCUT2D eigenvalue weighted by atomic mass is 9.98. The summed E-state index contributed by atoms with van der Waals surface area (Å²) in [5.41, 5.74) is 25.9. The third-order valence-corrected chi connectivity index (χ3v) is 19.1. The molecule has 0 aliphatic carbocycles. The van der Waals surface area contributed by atoms with Crippen molar-refractivity contribution in [2.45, 2.75) is 0 Å². The maximum atomic E-state index is 5.05. The fraction of sp³-hybridized carbons (Fsp3) is 0. The van der Waals surface area contributed by atoms with Gasteiger partial charge < -0.3 is 13.7 Å². The molecule has 0 spiro atoms. The monoisotopic (exact) mass is 1260 g/mol. The van der Waals surface area contributed by atoms with Crippen molar-refractivity contribution in [1.29, 1.82) is 0 Å². The number of fused-ring (bicyclic) bond motifs is 9.